The highest BCUT2D eigenvalue weighted by atomic mass is 16.7. The molecule has 0 aliphatic carbocycles. The first-order chi connectivity index (χ1) is 21.2. The minimum absolute atomic E-state index is 0.0158. The maximum Gasteiger partial charge on any atom is 0.279 e. The van der Waals surface area contributed by atoms with Crippen molar-refractivity contribution < 1.29 is 19.1 Å². The third-order valence-electron chi connectivity index (χ3n) is 10.00. The fourth-order valence-corrected chi connectivity index (χ4v) is 7.35. The number of amides is 2. The van der Waals surface area contributed by atoms with E-state index < -0.39 is 6.04 Å². The number of piperidine rings is 1. The zero-order valence-corrected chi connectivity index (χ0v) is 26.4. The molecular weight excluding hydrogens is 556 g/mol. The summed E-state index contributed by atoms with van der Waals surface area (Å²) < 4.78 is 12.1. The molecule has 4 saturated heterocycles. The van der Waals surface area contributed by atoms with E-state index in [1.54, 1.807) is 11.1 Å². The molecule has 5 heterocycles. The summed E-state index contributed by atoms with van der Waals surface area (Å²) in [6, 6.07) is 7.25. The number of nitrogens with zero attached hydrogens (tertiary/aromatic N) is 3. The lowest BCUT2D eigenvalue weighted by molar-refractivity contribution is -0.151. The largest absolute Gasteiger partial charge is 0.375 e. The Morgan fingerprint density at radius 2 is 1.89 bits per heavy atom. The number of hydrogen-bond acceptors (Lipinski definition) is 7. The maximum atomic E-state index is 14.5. The van der Waals surface area contributed by atoms with Gasteiger partial charge in [-0.1, -0.05) is 39.5 Å². The summed E-state index contributed by atoms with van der Waals surface area (Å²) in [7, 11) is 0. The third-order valence-corrected chi connectivity index (χ3v) is 10.00. The summed E-state index contributed by atoms with van der Waals surface area (Å²) in [5.74, 6) is -0.171. The second-order valence-corrected chi connectivity index (χ2v) is 13.9. The number of benzene rings is 1. The van der Waals surface area contributed by atoms with Crippen LogP contribution < -0.4 is 15.5 Å². The number of imidazole rings is 1. The normalized spacial score (nSPS) is 26.7. The predicted octanol–water partition coefficient (Wildman–Crippen LogP) is 3.83. The minimum atomic E-state index is -0.783. The van der Waals surface area contributed by atoms with Gasteiger partial charge in [-0.3, -0.25) is 14.5 Å². The van der Waals surface area contributed by atoms with E-state index in [-0.39, 0.29) is 47.1 Å². The van der Waals surface area contributed by atoms with Gasteiger partial charge in [0.15, 0.2) is 6.29 Å². The molecule has 3 N–H and O–H groups in total. The van der Waals surface area contributed by atoms with E-state index in [9.17, 15) is 9.59 Å². The van der Waals surface area contributed by atoms with E-state index >= 15 is 0 Å². The molecule has 5 unspecified atom stereocenters. The molecule has 0 spiro atoms. The van der Waals surface area contributed by atoms with E-state index in [1.165, 1.54) is 12.0 Å². The van der Waals surface area contributed by atoms with E-state index in [2.05, 4.69) is 65.0 Å². The van der Waals surface area contributed by atoms with Crippen molar-refractivity contribution in [2.24, 2.45) is 17.8 Å². The molecule has 4 aliphatic rings. The zero-order chi connectivity index (χ0) is 30.8. The summed E-state index contributed by atoms with van der Waals surface area (Å²) in [4.78, 5) is 40.0. The number of likely N-dealkylation sites (tertiary alicyclic amines) is 1. The first-order valence-corrected chi connectivity index (χ1v) is 16.3. The van der Waals surface area contributed by atoms with Crippen LogP contribution in [0, 0.1) is 17.8 Å². The van der Waals surface area contributed by atoms with Crippen molar-refractivity contribution in [2.75, 3.05) is 44.3 Å². The number of hydrogen-bond donors (Lipinski definition) is 3. The Kier molecular flexibility index (Phi) is 9.12. The highest BCUT2D eigenvalue weighted by Crippen LogP contribution is 2.40. The average molecular weight is 605 g/mol. The summed E-state index contributed by atoms with van der Waals surface area (Å²) in [6.45, 7) is 15.6. The number of fused-ring (bicyclic) bond motifs is 1. The number of anilines is 1. The number of nitrogens with one attached hydrogen (secondary N) is 3. The standard InChI is InChI=1S/C34H48N6O4/c1-22(23-11-14-35-18-23)39-15-12-25(13-16-39)38-31(41)30(28-20-44-33-27(28)6-5-17-43-33)40(32(42)29-19-36-21-37-29)26-9-7-24(8-10-26)34(2,3)4/h7-10,19,21,23,25,27-28,30,33,35H,1,5-6,11-18,20H2,2-4H3,(H,36,37)(H,38,41). The number of H-pyrrole nitrogens is 1. The van der Waals surface area contributed by atoms with E-state index in [0.717, 1.165) is 63.8 Å². The van der Waals surface area contributed by atoms with Crippen molar-refractivity contribution in [3.63, 3.8) is 0 Å². The van der Waals surface area contributed by atoms with Crippen LogP contribution >= 0.6 is 0 Å². The average Bonchev–Trinajstić information content (AvgIpc) is 3.82. The molecule has 10 nitrogen and oxygen atoms in total. The fourth-order valence-electron chi connectivity index (χ4n) is 7.35. The molecule has 1 aromatic carbocycles. The smallest absolute Gasteiger partial charge is 0.279 e. The van der Waals surface area contributed by atoms with Crippen molar-refractivity contribution in [2.45, 2.75) is 76.7 Å². The van der Waals surface area contributed by atoms with Crippen molar-refractivity contribution in [1.29, 1.82) is 0 Å². The number of aromatic nitrogens is 2. The zero-order valence-electron chi connectivity index (χ0n) is 26.4. The SMILES string of the molecule is C=C(C1CCNC1)N1CCC(NC(=O)C(C2COC3OCCCC32)N(C(=O)c2c[nH]cn2)c2ccc(C(C)(C)C)cc2)CC1. The minimum Gasteiger partial charge on any atom is -0.375 e. The van der Waals surface area contributed by atoms with Gasteiger partial charge in [-0.15, -0.1) is 0 Å². The van der Waals surface area contributed by atoms with Crippen molar-refractivity contribution in [3.05, 3.63) is 60.3 Å². The van der Waals surface area contributed by atoms with Crippen LogP contribution in [0.3, 0.4) is 0 Å². The molecule has 2 amide bonds. The number of carbonyl (C=O) groups is 2. The van der Waals surface area contributed by atoms with Gasteiger partial charge in [0.2, 0.25) is 5.91 Å². The van der Waals surface area contributed by atoms with Crippen LogP contribution in [-0.2, 0) is 19.7 Å². The third kappa shape index (κ3) is 6.43. The second-order valence-electron chi connectivity index (χ2n) is 13.9. The molecule has 10 heteroatoms. The second kappa shape index (κ2) is 13.0. The summed E-state index contributed by atoms with van der Waals surface area (Å²) >= 11 is 0. The quantitative estimate of drug-likeness (QED) is 0.420. The predicted molar refractivity (Wildman–Crippen MR) is 169 cm³/mol. The lowest BCUT2D eigenvalue weighted by Gasteiger charge is -2.40. The van der Waals surface area contributed by atoms with Crippen molar-refractivity contribution in [3.8, 4) is 0 Å². The number of aromatic amines is 1. The monoisotopic (exact) mass is 604 g/mol. The van der Waals surface area contributed by atoms with Gasteiger partial charge >= 0.3 is 0 Å². The lowest BCUT2D eigenvalue weighted by Crippen LogP contribution is -2.58. The first-order valence-electron chi connectivity index (χ1n) is 16.3. The van der Waals surface area contributed by atoms with Gasteiger partial charge in [-0.05, 0) is 61.8 Å². The van der Waals surface area contributed by atoms with Crippen LogP contribution in [-0.4, -0.2) is 84.4 Å². The van der Waals surface area contributed by atoms with Gasteiger partial charge in [0.1, 0.15) is 11.7 Å². The molecular formula is C34H48N6O4. The Morgan fingerprint density at radius 3 is 2.55 bits per heavy atom. The molecule has 6 rings (SSSR count). The molecule has 4 aliphatic heterocycles. The summed E-state index contributed by atoms with van der Waals surface area (Å²) in [6.07, 6.45) is 7.33. The van der Waals surface area contributed by atoms with Crippen LogP contribution in [0.1, 0.15) is 68.9 Å². The Bertz CT molecular complexity index is 1290. The van der Waals surface area contributed by atoms with E-state index in [4.69, 9.17) is 9.47 Å². The van der Waals surface area contributed by atoms with Crippen molar-refractivity contribution >= 4 is 17.5 Å². The van der Waals surface area contributed by atoms with E-state index in [1.807, 2.05) is 12.1 Å². The summed E-state index contributed by atoms with van der Waals surface area (Å²) in [5, 5.41) is 6.82. The van der Waals surface area contributed by atoms with Crippen LogP contribution in [0.15, 0.2) is 49.1 Å². The Hall–Kier alpha value is -3.21. The van der Waals surface area contributed by atoms with Gasteiger partial charge in [-0.2, -0.15) is 0 Å². The molecule has 1 aromatic heterocycles. The number of ether oxygens (including phenoxy) is 2. The number of rotatable bonds is 8. The van der Waals surface area contributed by atoms with Gasteiger partial charge in [-0.25, -0.2) is 4.98 Å². The fraction of sp³-hybridized carbons (Fsp3) is 0.618. The lowest BCUT2D eigenvalue weighted by atomic mass is 9.82. The van der Waals surface area contributed by atoms with Crippen LogP contribution in [0.25, 0.3) is 0 Å². The van der Waals surface area contributed by atoms with Crippen LogP contribution in [0.5, 0.6) is 0 Å². The topological polar surface area (TPSA) is 112 Å². The molecule has 238 valence electrons. The molecule has 0 radical (unpaired) electrons. The maximum absolute atomic E-state index is 14.5. The number of carbonyl (C=O) groups excluding carboxylic acids is 2. The van der Waals surface area contributed by atoms with Gasteiger partial charge in [0.05, 0.1) is 12.9 Å². The molecule has 0 saturated carbocycles. The highest BCUT2D eigenvalue weighted by Gasteiger charge is 2.50. The van der Waals surface area contributed by atoms with Gasteiger partial charge < -0.3 is 30.0 Å². The molecule has 0 bridgehead atoms. The molecule has 44 heavy (non-hydrogen) atoms. The van der Waals surface area contributed by atoms with Gasteiger partial charge in [0, 0.05) is 67.6 Å². The van der Waals surface area contributed by atoms with Crippen molar-refractivity contribution in [1.82, 2.24) is 25.5 Å². The molecule has 2 aromatic rings. The van der Waals surface area contributed by atoms with Crippen LogP contribution in [0.2, 0.25) is 0 Å². The summed E-state index contributed by atoms with van der Waals surface area (Å²) in [5.41, 5.74) is 3.25. The highest BCUT2D eigenvalue weighted by molar-refractivity contribution is 6.09. The van der Waals surface area contributed by atoms with Crippen LogP contribution in [0.4, 0.5) is 5.69 Å². The Morgan fingerprint density at radius 1 is 1.11 bits per heavy atom. The van der Waals surface area contributed by atoms with Gasteiger partial charge in [0.25, 0.3) is 5.91 Å². The molecule has 5 atom stereocenters. The Labute approximate surface area is 260 Å². The first kappa shape index (κ1) is 30.8. The van der Waals surface area contributed by atoms with E-state index in [0.29, 0.717) is 24.8 Å². The molecule has 4 fully saturated rings. The Balaban J connectivity index is 1.28.